The topological polar surface area (TPSA) is 677 Å². The number of ether oxygens (including phenoxy) is 17. The second-order valence-corrected chi connectivity index (χ2v) is 26.8. The summed E-state index contributed by atoms with van der Waals surface area (Å²) in [6.07, 6.45) is -58.8. The maximum Gasteiger partial charge on any atom is 0.397 e. The fourth-order valence-corrected chi connectivity index (χ4v) is 13.1. The summed E-state index contributed by atoms with van der Waals surface area (Å²) in [6, 6.07) is 0. The molecule has 25 atom stereocenters. The lowest BCUT2D eigenvalue weighted by atomic mass is 9.94. The van der Waals surface area contributed by atoms with Crippen LogP contribution in [0.15, 0.2) is 0 Å². The first kappa shape index (κ1) is 82.0. The van der Waals surface area contributed by atoms with Crippen LogP contribution in [-0.4, -0.2) is 343 Å². The van der Waals surface area contributed by atoms with Crippen molar-refractivity contribution in [2.24, 2.45) is 0 Å². The van der Waals surface area contributed by atoms with Crippen LogP contribution in [0.3, 0.4) is 0 Å². The Morgan fingerprint density at radius 1 is 0.277 bits per heavy atom. The van der Waals surface area contributed by atoms with Crippen molar-refractivity contribution in [2.45, 2.75) is 154 Å². The van der Waals surface area contributed by atoms with Crippen LogP contribution in [0.25, 0.3) is 0 Å². The average Bonchev–Trinajstić information content (AvgIpc) is 0.763. The lowest BCUT2D eigenvalue weighted by Crippen LogP contribution is -2.70. The van der Waals surface area contributed by atoms with Crippen molar-refractivity contribution in [3.63, 3.8) is 0 Å². The number of methoxy groups -OCH3 is 8. The Morgan fingerprint density at radius 3 is 0.777 bits per heavy atom. The number of carboxylic acids is 2. The van der Waals surface area contributed by atoms with Gasteiger partial charge in [-0.25, -0.2) is 38.9 Å². The minimum Gasteiger partial charge on any atom is -0.479 e. The molecule has 9 N–H and O–H groups in total. The summed E-state index contributed by atoms with van der Waals surface area (Å²) >= 11 is 0. The first-order valence-corrected chi connectivity index (χ1v) is 34.9. The summed E-state index contributed by atoms with van der Waals surface area (Å²) in [5.74, 6) is -4.28. The monoisotopic (exact) mass is 1530 g/mol. The van der Waals surface area contributed by atoms with Crippen molar-refractivity contribution in [1.29, 1.82) is 0 Å². The molecule has 5 heterocycles. The van der Waals surface area contributed by atoms with Gasteiger partial charge in [0.1, 0.15) is 97.7 Å². The number of carbonyl (C=O) groups is 2. The predicted octanol–water partition coefficient (Wildman–Crippen LogP) is -7.72. The van der Waals surface area contributed by atoms with E-state index in [4.69, 9.17) is 88.9 Å². The number of carboxylic acid groups (broad SMARTS) is 2. The maximum atomic E-state index is 13.3. The first-order chi connectivity index (χ1) is 43.2. The zero-order valence-electron chi connectivity index (χ0n) is 48.8. The standard InChI is InChI=1S/C38H64O49S7/c1-64-15-12(9-72-88(43,44)45)76-35(27(68-5)18(15)65-2)80-21-19(66-3)28(69-6)37(82-25(21)32(39)40)79-17-14(11-74-90(49,50)51)77-38(31(87-94(61,62)63)24(17)85-92(55,56)57)81-22-20(67-4)29(70-7)36(83-26(22)33(41)42)78-16-13(10-73-89(46,47)48)75-34(71-8)30(86-93(58,59)60)23(16)84-91(52,53)54/h12-31,34-38H,9-11H2,1-8H3,(H,39,40)(H,41,42)(H,43,44,45)(H,46,47,48)(H,49,50,51)(H,52,53,54)(H,55,56,57)(H,58,59,60)(H,61,62,63)/t12-,13-,14-,15-,16-,17-,18+,19+,20+,21+,22+,23+,24+,25+,26-,27-,28-,29-,30-,31-,34+,35-,36-,37-,38-/m1/s1. The fourth-order valence-electron chi connectivity index (χ4n) is 10.2. The lowest BCUT2D eigenvalue weighted by Gasteiger charge is -2.51. The summed E-state index contributed by atoms with van der Waals surface area (Å²) < 4.78 is 366. The van der Waals surface area contributed by atoms with Crippen molar-refractivity contribution in [3.05, 3.63) is 0 Å². The third-order valence-electron chi connectivity index (χ3n) is 13.6. The minimum atomic E-state index is -6.20. The molecule has 0 spiro atoms. The van der Waals surface area contributed by atoms with Crippen molar-refractivity contribution >= 4 is 84.7 Å². The van der Waals surface area contributed by atoms with E-state index >= 15 is 0 Å². The van der Waals surface area contributed by atoms with E-state index in [9.17, 15) is 111 Å². The quantitative estimate of drug-likeness (QED) is 0.0266. The van der Waals surface area contributed by atoms with E-state index in [1.165, 1.54) is 0 Å². The van der Waals surface area contributed by atoms with Crippen LogP contribution in [0.4, 0.5) is 0 Å². The molecule has 0 aromatic heterocycles. The first-order valence-electron chi connectivity index (χ1n) is 25.3. The normalized spacial score (nSPS) is 37.6. The molecule has 5 rings (SSSR count). The van der Waals surface area contributed by atoms with Gasteiger partial charge in [-0.05, 0) is 0 Å². The highest BCUT2D eigenvalue weighted by atomic mass is 32.3. The zero-order valence-corrected chi connectivity index (χ0v) is 54.5. The molecule has 5 aliphatic rings. The molecule has 0 aromatic rings. The largest absolute Gasteiger partial charge is 0.479 e. The van der Waals surface area contributed by atoms with Crippen LogP contribution >= 0.6 is 0 Å². The molecule has 0 bridgehead atoms. The second-order valence-electron chi connectivity index (χ2n) is 19.3. The summed E-state index contributed by atoms with van der Waals surface area (Å²) in [5.41, 5.74) is 0. The average molecular weight is 1530 g/mol. The predicted molar refractivity (Wildman–Crippen MR) is 279 cm³/mol. The van der Waals surface area contributed by atoms with Crippen molar-refractivity contribution < 1.29 is 220 Å². The number of aliphatic carboxylic acids is 2. The zero-order chi connectivity index (χ0) is 71.2. The molecule has 0 amide bonds. The van der Waals surface area contributed by atoms with Gasteiger partial charge in [-0.1, -0.05) is 0 Å². The Morgan fingerprint density at radius 2 is 0.511 bits per heavy atom. The van der Waals surface area contributed by atoms with Crippen molar-refractivity contribution in [3.8, 4) is 0 Å². The van der Waals surface area contributed by atoms with E-state index < -0.39 is 258 Å². The minimum absolute atomic E-state index is 0.707. The van der Waals surface area contributed by atoms with Gasteiger partial charge < -0.3 is 90.7 Å². The molecule has 0 aliphatic carbocycles. The molecule has 5 saturated heterocycles. The smallest absolute Gasteiger partial charge is 0.397 e. The number of hydrogen-bond acceptors (Lipinski definition) is 40. The van der Waals surface area contributed by atoms with Crippen LogP contribution in [0.1, 0.15) is 0 Å². The second kappa shape index (κ2) is 33.2. The number of hydrogen-bond donors (Lipinski definition) is 9. The Bertz CT molecular complexity index is 3340. The SMILES string of the molecule is CO[C@H]1O[C@H](COS(=O)(=O)O)[C@@H](O[C@@H]2O[C@@H](C(=O)O)[C@@H](O[C@H]3O[C@H](COS(=O)(=O)O)[C@@H](O[C@@H]4O[C@H](C(=O)O)[C@@H](O[C@H]5O[C@H](COS(=O)(=O)O)[C@@H](OC)[C@H](OC)[C@H]5OC)[C@H](OC)[C@H]4OC)[C@H](OS(=O)(=O)O)[C@H]3OS(=O)(=O)O)[C@H](OC)[C@H]2OC)[C@H](OS(=O)(=O)O)[C@H]1OS(=O)(=O)O. The third kappa shape index (κ3) is 22.7. The van der Waals surface area contributed by atoms with Crippen LogP contribution in [-0.2, 0) is 192 Å². The Balaban J connectivity index is 1.63. The molecule has 56 heteroatoms. The Hall–Kier alpha value is -2.65. The highest BCUT2D eigenvalue weighted by molar-refractivity contribution is 7.82. The lowest BCUT2D eigenvalue weighted by molar-refractivity contribution is -0.388. The van der Waals surface area contributed by atoms with Crippen LogP contribution in [0.5, 0.6) is 0 Å². The van der Waals surface area contributed by atoms with Crippen LogP contribution < -0.4 is 0 Å². The number of rotatable bonds is 35. The van der Waals surface area contributed by atoms with Gasteiger partial charge in [0.05, 0.1) is 19.8 Å². The van der Waals surface area contributed by atoms with Gasteiger partial charge in [-0.15, -0.1) is 0 Å². The van der Waals surface area contributed by atoms with E-state index in [1.807, 2.05) is 0 Å². The van der Waals surface area contributed by atoms with Gasteiger partial charge in [0, 0.05) is 56.9 Å². The molecule has 0 aromatic carbocycles. The van der Waals surface area contributed by atoms with Crippen molar-refractivity contribution in [2.75, 3.05) is 76.7 Å². The molecule has 0 saturated carbocycles. The summed E-state index contributed by atoms with van der Waals surface area (Å²) in [4.78, 5) is 26.6. The van der Waals surface area contributed by atoms with E-state index in [2.05, 4.69) is 20.9 Å². The van der Waals surface area contributed by atoms with Gasteiger partial charge in [0.25, 0.3) is 0 Å². The van der Waals surface area contributed by atoms with Crippen LogP contribution in [0, 0.1) is 0 Å². The van der Waals surface area contributed by atoms with E-state index in [0.717, 1.165) is 42.7 Å². The third-order valence-corrected chi connectivity index (χ3v) is 16.8. The fraction of sp³-hybridized carbons (Fsp3) is 0.947. The maximum absolute atomic E-state index is 13.3. The van der Waals surface area contributed by atoms with Crippen LogP contribution in [0.2, 0.25) is 0 Å². The summed E-state index contributed by atoms with van der Waals surface area (Å²) in [6.45, 7) is -4.33. The molecule has 94 heavy (non-hydrogen) atoms. The molecular formula is C38H64O49S7. The molecular weight excluding hydrogens is 1460 g/mol. The van der Waals surface area contributed by atoms with Gasteiger partial charge in [0.2, 0.25) is 0 Å². The molecule has 5 aliphatic heterocycles. The highest BCUT2D eigenvalue weighted by Crippen LogP contribution is 2.41. The van der Waals surface area contributed by atoms with Gasteiger partial charge in [0.15, 0.2) is 55.9 Å². The van der Waals surface area contributed by atoms with E-state index in [-0.39, 0.29) is 0 Å². The van der Waals surface area contributed by atoms with Gasteiger partial charge >= 0.3 is 84.7 Å². The summed E-state index contributed by atoms with van der Waals surface area (Å²) in [5, 5.41) is 21.4. The molecule has 0 unspecified atom stereocenters. The highest BCUT2D eigenvalue weighted by Gasteiger charge is 2.62. The Kier molecular flexibility index (Phi) is 29.0. The molecule has 49 nitrogen and oxygen atoms in total. The van der Waals surface area contributed by atoms with E-state index in [1.54, 1.807) is 0 Å². The Labute approximate surface area is 533 Å². The van der Waals surface area contributed by atoms with Gasteiger partial charge in [-0.3, -0.25) is 31.9 Å². The molecule has 0 radical (unpaired) electrons. The summed E-state index contributed by atoms with van der Waals surface area (Å²) in [7, 11) is -33.4. The van der Waals surface area contributed by atoms with Gasteiger partial charge in [-0.2, -0.15) is 58.9 Å². The van der Waals surface area contributed by atoms with E-state index in [0.29, 0.717) is 14.2 Å². The van der Waals surface area contributed by atoms with Crippen molar-refractivity contribution in [1.82, 2.24) is 0 Å². The molecule has 552 valence electrons. The molecule has 5 fully saturated rings.